The zero-order chi connectivity index (χ0) is 14.4. The number of carboxylic acids is 1. The van der Waals surface area contributed by atoms with E-state index in [1.165, 1.54) is 12.1 Å². The fourth-order valence-corrected chi connectivity index (χ4v) is 1.80. The van der Waals surface area contributed by atoms with Crippen LogP contribution in [0, 0.1) is 10.1 Å². The number of nitrogens with zero attached hydrogens (tertiary/aromatic N) is 2. The molecule has 0 atom stereocenters. The molecule has 1 N–H and O–H groups in total. The molecule has 0 aromatic heterocycles. The molecule has 0 spiro atoms. The Bertz CT molecular complexity index is 499. The molecule has 0 radical (unpaired) electrons. The molecule has 19 heavy (non-hydrogen) atoms. The number of aromatic carboxylic acids is 1. The Balaban J connectivity index is 3.22. The highest BCUT2D eigenvalue weighted by Gasteiger charge is 2.21. The van der Waals surface area contributed by atoms with Crippen LogP contribution in [0.25, 0.3) is 0 Å². The number of nitro benzene ring substituents is 1. The molecule has 1 aromatic carbocycles. The number of hydrogen-bond donors (Lipinski definition) is 1. The van der Waals surface area contributed by atoms with Crippen molar-refractivity contribution in [3.8, 4) is 0 Å². The van der Waals surface area contributed by atoms with Crippen LogP contribution in [-0.2, 0) is 0 Å². The lowest BCUT2D eigenvalue weighted by atomic mass is 10.1. The second kappa shape index (κ2) is 6.53. The second-order valence-electron chi connectivity index (χ2n) is 4.00. The van der Waals surface area contributed by atoms with Crippen molar-refractivity contribution in [1.82, 2.24) is 0 Å². The molecule has 1 rings (SSSR count). The summed E-state index contributed by atoms with van der Waals surface area (Å²) < 4.78 is 0. The topological polar surface area (TPSA) is 83.7 Å². The monoisotopic (exact) mass is 264 g/mol. The van der Waals surface area contributed by atoms with Gasteiger partial charge in [0.05, 0.1) is 4.92 Å². The number of carbonyl (C=O) groups is 1. The minimum Gasteiger partial charge on any atom is -0.477 e. The van der Waals surface area contributed by atoms with Crippen molar-refractivity contribution < 1.29 is 14.8 Å². The third kappa shape index (κ3) is 3.54. The summed E-state index contributed by atoms with van der Waals surface area (Å²) in [5, 5.41) is 19.8. The maximum atomic E-state index is 10.9. The van der Waals surface area contributed by atoms with Gasteiger partial charge in [-0.2, -0.15) is 0 Å². The van der Waals surface area contributed by atoms with Crippen molar-refractivity contribution in [2.45, 2.75) is 13.3 Å². The molecule has 6 nitrogen and oxygen atoms in total. The zero-order valence-corrected chi connectivity index (χ0v) is 10.7. The van der Waals surface area contributed by atoms with Crippen molar-refractivity contribution in [2.75, 3.05) is 18.0 Å². The third-order valence-corrected chi connectivity index (χ3v) is 2.62. The van der Waals surface area contributed by atoms with E-state index in [1.54, 1.807) is 12.1 Å². The maximum absolute atomic E-state index is 10.9. The van der Waals surface area contributed by atoms with Crippen LogP contribution in [0.15, 0.2) is 30.9 Å². The lowest BCUT2D eigenvalue weighted by Gasteiger charge is -2.22. The minimum atomic E-state index is -1.30. The standard InChI is InChI=1S/C13H16N2O4/c1-3-7-14(8-4-2)10-5-6-11(13(16)17)12(9-10)15(18)19/h3,5-6,9H,1,4,7-8H2,2H3,(H,16,17). The van der Waals surface area contributed by atoms with Crippen molar-refractivity contribution >= 4 is 17.3 Å². The van der Waals surface area contributed by atoms with Gasteiger partial charge in [0.1, 0.15) is 5.56 Å². The quantitative estimate of drug-likeness (QED) is 0.465. The fourth-order valence-electron chi connectivity index (χ4n) is 1.80. The first-order chi connectivity index (χ1) is 9.01. The number of anilines is 1. The first kappa shape index (κ1) is 14.7. The zero-order valence-electron chi connectivity index (χ0n) is 10.7. The summed E-state index contributed by atoms with van der Waals surface area (Å²) in [5.74, 6) is -1.30. The van der Waals surface area contributed by atoms with Crippen LogP contribution in [-0.4, -0.2) is 29.1 Å². The predicted molar refractivity (Wildman–Crippen MR) is 72.8 cm³/mol. The molecule has 0 amide bonds. The van der Waals surface area contributed by atoms with E-state index in [9.17, 15) is 14.9 Å². The van der Waals surface area contributed by atoms with Gasteiger partial charge >= 0.3 is 5.97 Å². The maximum Gasteiger partial charge on any atom is 0.342 e. The lowest BCUT2D eigenvalue weighted by Crippen LogP contribution is -2.24. The van der Waals surface area contributed by atoms with Gasteiger partial charge in [0.25, 0.3) is 5.69 Å². The summed E-state index contributed by atoms with van der Waals surface area (Å²) in [7, 11) is 0. The number of benzene rings is 1. The predicted octanol–water partition coefficient (Wildman–Crippen LogP) is 2.70. The largest absolute Gasteiger partial charge is 0.477 e. The van der Waals surface area contributed by atoms with E-state index in [1.807, 2.05) is 11.8 Å². The van der Waals surface area contributed by atoms with Crippen LogP contribution in [0.2, 0.25) is 0 Å². The minimum absolute atomic E-state index is 0.302. The highest BCUT2D eigenvalue weighted by Crippen LogP contribution is 2.26. The molecule has 0 unspecified atom stereocenters. The van der Waals surface area contributed by atoms with Crippen LogP contribution in [0.4, 0.5) is 11.4 Å². The summed E-state index contributed by atoms with van der Waals surface area (Å²) in [6, 6.07) is 4.14. The molecule has 0 aliphatic rings. The average molecular weight is 264 g/mol. The van der Waals surface area contributed by atoms with Gasteiger partial charge in [-0.1, -0.05) is 13.0 Å². The Morgan fingerprint density at radius 1 is 1.58 bits per heavy atom. The van der Waals surface area contributed by atoms with Crippen LogP contribution in [0.3, 0.4) is 0 Å². The summed E-state index contributed by atoms with van der Waals surface area (Å²) >= 11 is 0. The highest BCUT2D eigenvalue weighted by atomic mass is 16.6. The Morgan fingerprint density at radius 2 is 2.26 bits per heavy atom. The molecule has 0 fully saturated rings. The van der Waals surface area contributed by atoms with E-state index in [0.717, 1.165) is 13.0 Å². The van der Waals surface area contributed by atoms with Crippen molar-refractivity contribution in [1.29, 1.82) is 0 Å². The van der Waals surface area contributed by atoms with Crippen molar-refractivity contribution in [3.05, 3.63) is 46.5 Å². The van der Waals surface area contributed by atoms with Crippen LogP contribution in [0.1, 0.15) is 23.7 Å². The molecular formula is C13H16N2O4. The van der Waals surface area contributed by atoms with Gasteiger partial charge in [-0.15, -0.1) is 6.58 Å². The lowest BCUT2D eigenvalue weighted by molar-refractivity contribution is -0.385. The average Bonchev–Trinajstić information content (AvgIpc) is 2.37. The number of rotatable bonds is 7. The molecule has 102 valence electrons. The first-order valence-electron chi connectivity index (χ1n) is 5.88. The van der Waals surface area contributed by atoms with Gasteiger partial charge in [-0.25, -0.2) is 4.79 Å². The van der Waals surface area contributed by atoms with E-state index in [2.05, 4.69) is 6.58 Å². The van der Waals surface area contributed by atoms with Gasteiger partial charge in [0.2, 0.25) is 0 Å². The van der Waals surface area contributed by atoms with Gasteiger partial charge in [-0.3, -0.25) is 10.1 Å². The van der Waals surface area contributed by atoms with Crippen LogP contribution in [0.5, 0.6) is 0 Å². The van der Waals surface area contributed by atoms with Crippen LogP contribution >= 0.6 is 0 Å². The van der Waals surface area contributed by atoms with Crippen molar-refractivity contribution in [2.24, 2.45) is 0 Å². The molecule has 0 aliphatic heterocycles. The molecule has 0 saturated carbocycles. The van der Waals surface area contributed by atoms with Gasteiger partial charge in [0.15, 0.2) is 0 Å². The van der Waals surface area contributed by atoms with Gasteiger partial charge in [-0.05, 0) is 18.6 Å². The highest BCUT2D eigenvalue weighted by molar-refractivity contribution is 5.93. The SMILES string of the molecule is C=CCN(CCC)c1ccc(C(=O)O)c([N+](=O)[O-])c1. The summed E-state index contributed by atoms with van der Waals surface area (Å²) in [4.78, 5) is 23.1. The molecule has 1 aromatic rings. The molecule has 0 saturated heterocycles. The summed E-state index contributed by atoms with van der Waals surface area (Å²) in [6.07, 6.45) is 2.58. The summed E-state index contributed by atoms with van der Waals surface area (Å²) in [5.41, 5.74) is -0.0718. The van der Waals surface area contributed by atoms with E-state index in [-0.39, 0.29) is 5.56 Å². The summed E-state index contributed by atoms with van der Waals surface area (Å²) in [6.45, 7) is 6.91. The normalized spacial score (nSPS) is 9.95. The van der Waals surface area contributed by atoms with E-state index < -0.39 is 16.6 Å². The second-order valence-corrected chi connectivity index (χ2v) is 4.00. The molecule has 0 heterocycles. The number of carboxylic acid groups (broad SMARTS) is 1. The van der Waals surface area contributed by atoms with Crippen LogP contribution < -0.4 is 4.90 Å². The molecule has 0 bridgehead atoms. The molecule has 0 aliphatic carbocycles. The van der Waals surface area contributed by atoms with Crippen molar-refractivity contribution in [3.63, 3.8) is 0 Å². The van der Waals surface area contributed by atoms with E-state index >= 15 is 0 Å². The number of hydrogen-bond acceptors (Lipinski definition) is 4. The first-order valence-corrected chi connectivity index (χ1v) is 5.88. The fraction of sp³-hybridized carbons (Fsp3) is 0.308. The molecular weight excluding hydrogens is 248 g/mol. The van der Waals surface area contributed by atoms with Gasteiger partial charge < -0.3 is 10.0 Å². The Morgan fingerprint density at radius 3 is 2.74 bits per heavy atom. The Kier molecular flexibility index (Phi) is 5.05. The van der Waals surface area contributed by atoms with E-state index in [0.29, 0.717) is 12.2 Å². The third-order valence-electron chi connectivity index (χ3n) is 2.62. The smallest absolute Gasteiger partial charge is 0.342 e. The van der Waals surface area contributed by atoms with Gasteiger partial charge in [0, 0.05) is 24.8 Å². The van der Waals surface area contributed by atoms with E-state index in [4.69, 9.17) is 5.11 Å². The Labute approximate surface area is 111 Å². The molecule has 6 heteroatoms. The number of nitro groups is 1. The Hall–Kier alpha value is -2.37.